The molecule has 2 aromatic carbocycles. The van der Waals surface area contributed by atoms with E-state index in [0.717, 1.165) is 11.1 Å². The number of aromatic nitrogens is 2. The number of aldehydes is 1. The first-order valence-electron chi connectivity index (χ1n) is 11.5. The zero-order valence-corrected chi connectivity index (χ0v) is 19.5. The molecule has 0 spiro atoms. The van der Waals surface area contributed by atoms with Gasteiger partial charge in [-0.2, -0.15) is 4.98 Å². The van der Waals surface area contributed by atoms with Gasteiger partial charge in [-0.05, 0) is 35.4 Å². The second-order valence-electron chi connectivity index (χ2n) is 8.45. The summed E-state index contributed by atoms with van der Waals surface area (Å²) >= 11 is 0. The van der Waals surface area contributed by atoms with Crippen molar-refractivity contribution in [3.05, 3.63) is 83.1 Å². The summed E-state index contributed by atoms with van der Waals surface area (Å²) in [7, 11) is 0. The number of amides is 1. The van der Waals surface area contributed by atoms with Gasteiger partial charge in [-0.1, -0.05) is 24.3 Å². The fourth-order valence-electron chi connectivity index (χ4n) is 4.20. The van der Waals surface area contributed by atoms with E-state index in [0.29, 0.717) is 38.4 Å². The number of hydrogen-bond acceptors (Lipinski definition) is 8. The van der Waals surface area contributed by atoms with Crippen molar-refractivity contribution in [1.82, 2.24) is 14.9 Å². The van der Waals surface area contributed by atoms with Crippen LogP contribution in [0.3, 0.4) is 0 Å². The second kappa shape index (κ2) is 11.2. The minimum Gasteiger partial charge on any atom is -0.364 e. The first-order chi connectivity index (χ1) is 17.4. The van der Waals surface area contributed by atoms with Crippen LogP contribution in [0.15, 0.2) is 54.6 Å². The Bertz CT molecular complexity index is 1150. The van der Waals surface area contributed by atoms with Crippen LogP contribution < -0.4 is 21.7 Å². The lowest BCUT2D eigenvalue weighted by Crippen LogP contribution is -2.48. The molecule has 0 saturated carbocycles. The number of nitrogens with zero attached hydrogens (tertiary/aromatic N) is 4. The number of piperazine rings is 1. The van der Waals surface area contributed by atoms with Gasteiger partial charge in [0.1, 0.15) is 29.4 Å². The average molecular weight is 496 g/mol. The normalized spacial score (nSPS) is 15.1. The molecular formula is C25H27F2N7O2. The molecule has 1 aliphatic heterocycles. The quantitative estimate of drug-likeness (QED) is 0.383. The Balaban J connectivity index is 1.57. The molecule has 1 unspecified atom stereocenters. The third kappa shape index (κ3) is 5.81. The van der Waals surface area contributed by atoms with E-state index in [1.165, 1.54) is 30.3 Å². The van der Waals surface area contributed by atoms with Crippen molar-refractivity contribution in [3.63, 3.8) is 0 Å². The Hall–Kier alpha value is -3.96. The predicted molar refractivity (Wildman–Crippen MR) is 132 cm³/mol. The maximum atomic E-state index is 13.6. The topological polar surface area (TPSA) is 130 Å². The molecule has 0 aliphatic carbocycles. The van der Waals surface area contributed by atoms with Crippen molar-refractivity contribution in [3.8, 4) is 0 Å². The molecule has 2 heterocycles. The van der Waals surface area contributed by atoms with Gasteiger partial charge in [0.15, 0.2) is 0 Å². The number of carbonyl (C=O) groups is 2. The highest BCUT2D eigenvalue weighted by Crippen LogP contribution is 2.30. The van der Waals surface area contributed by atoms with Crippen molar-refractivity contribution < 1.29 is 18.4 Å². The number of benzene rings is 2. The molecule has 11 heteroatoms. The molecule has 1 fully saturated rings. The molecule has 4 rings (SSSR count). The summed E-state index contributed by atoms with van der Waals surface area (Å²) in [6.45, 7) is 2.28. The minimum atomic E-state index is -0.719. The summed E-state index contributed by atoms with van der Waals surface area (Å²) in [5.41, 5.74) is 12.8. The third-order valence-corrected chi connectivity index (χ3v) is 6.05. The van der Waals surface area contributed by atoms with Gasteiger partial charge in [-0.25, -0.2) is 13.8 Å². The third-order valence-electron chi connectivity index (χ3n) is 6.05. The van der Waals surface area contributed by atoms with Crippen molar-refractivity contribution >= 4 is 24.0 Å². The first-order valence-corrected chi connectivity index (χ1v) is 11.5. The van der Waals surface area contributed by atoms with Crippen LogP contribution in [0.4, 0.5) is 20.5 Å². The van der Waals surface area contributed by atoms with E-state index >= 15 is 0 Å². The van der Waals surface area contributed by atoms with Gasteiger partial charge in [-0.15, -0.1) is 0 Å². The number of rotatable bonds is 9. The lowest BCUT2D eigenvalue weighted by molar-refractivity contribution is -0.108. The van der Waals surface area contributed by atoms with Crippen molar-refractivity contribution in [2.45, 2.75) is 12.1 Å². The number of carbonyl (C=O) groups excluding carboxylic acids is 2. The SMILES string of the molecule is NCC(C=O)Nc1cc(C(N)=O)nc(N2CCN(C(c3ccc(F)cc3)c3ccc(F)cc3)CC2)n1. The van der Waals surface area contributed by atoms with E-state index in [4.69, 9.17) is 11.5 Å². The highest BCUT2D eigenvalue weighted by atomic mass is 19.1. The number of primary amides is 1. The van der Waals surface area contributed by atoms with E-state index < -0.39 is 11.9 Å². The van der Waals surface area contributed by atoms with Crippen LogP contribution in [0.25, 0.3) is 0 Å². The summed E-state index contributed by atoms with van der Waals surface area (Å²) in [6, 6.07) is 13.1. The van der Waals surface area contributed by atoms with Crippen LogP contribution in [0.1, 0.15) is 27.7 Å². The van der Waals surface area contributed by atoms with Crippen molar-refractivity contribution in [2.75, 3.05) is 42.9 Å². The standard InChI is InChI=1S/C25H27F2N7O2/c26-18-5-1-16(2-6-18)23(17-3-7-19(27)8-4-17)33-9-11-34(12-10-33)25-31-21(24(29)36)13-22(32-25)30-20(14-28)15-35/h1-8,13,15,20,23H,9-12,14,28H2,(H2,29,36)(H,30,31,32). The lowest BCUT2D eigenvalue weighted by atomic mass is 9.96. The van der Waals surface area contributed by atoms with E-state index in [1.54, 1.807) is 24.3 Å². The Labute approximate surface area is 207 Å². The fourth-order valence-corrected chi connectivity index (χ4v) is 4.20. The maximum absolute atomic E-state index is 13.6. The average Bonchev–Trinajstić information content (AvgIpc) is 2.90. The van der Waals surface area contributed by atoms with Crippen LogP contribution in [-0.2, 0) is 4.79 Å². The first kappa shape index (κ1) is 25.1. The molecule has 1 saturated heterocycles. The molecule has 0 radical (unpaired) electrons. The Morgan fingerprint density at radius 3 is 2.00 bits per heavy atom. The maximum Gasteiger partial charge on any atom is 0.267 e. The summed E-state index contributed by atoms with van der Waals surface area (Å²) in [4.78, 5) is 35.9. The van der Waals surface area contributed by atoms with Crippen LogP contribution in [0.5, 0.6) is 0 Å². The monoisotopic (exact) mass is 495 g/mol. The lowest BCUT2D eigenvalue weighted by Gasteiger charge is -2.40. The molecule has 1 aliphatic rings. The number of hydrogen-bond donors (Lipinski definition) is 3. The van der Waals surface area contributed by atoms with Gasteiger partial charge >= 0.3 is 0 Å². The van der Waals surface area contributed by atoms with E-state index in [1.807, 2.05) is 4.90 Å². The van der Waals surface area contributed by atoms with E-state index in [9.17, 15) is 18.4 Å². The van der Waals surface area contributed by atoms with Crippen molar-refractivity contribution in [1.29, 1.82) is 0 Å². The molecule has 1 amide bonds. The summed E-state index contributed by atoms with van der Waals surface area (Å²) in [6.07, 6.45) is 0.662. The molecule has 36 heavy (non-hydrogen) atoms. The molecule has 1 atom stereocenters. The number of nitrogens with one attached hydrogen (secondary N) is 1. The zero-order chi connectivity index (χ0) is 25.7. The highest BCUT2D eigenvalue weighted by Gasteiger charge is 2.28. The van der Waals surface area contributed by atoms with Gasteiger partial charge in [0.05, 0.1) is 12.1 Å². The molecule has 3 aromatic rings. The second-order valence-corrected chi connectivity index (χ2v) is 8.45. The van der Waals surface area contributed by atoms with Gasteiger partial charge in [0.25, 0.3) is 5.91 Å². The molecule has 5 N–H and O–H groups in total. The van der Waals surface area contributed by atoms with Gasteiger partial charge < -0.3 is 26.5 Å². The smallest absolute Gasteiger partial charge is 0.267 e. The van der Waals surface area contributed by atoms with Gasteiger partial charge in [0.2, 0.25) is 5.95 Å². The molecule has 9 nitrogen and oxygen atoms in total. The molecular weight excluding hydrogens is 468 g/mol. The number of halogens is 2. The summed E-state index contributed by atoms with van der Waals surface area (Å²) < 4.78 is 27.2. The Kier molecular flexibility index (Phi) is 7.81. The number of anilines is 2. The van der Waals surface area contributed by atoms with Gasteiger partial charge in [0, 0.05) is 38.8 Å². The summed E-state index contributed by atoms with van der Waals surface area (Å²) in [5.74, 6) is -0.805. The zero-order valence-electron chi connectivity index (χ0n) is 19.5. The fraction of sp³-hybridized carbons (Fsp3) is 0.280. The number of nitrogens with two attached hydrogens (primary N) is 2. The van der Waals surface area contributed by atoms with Crippen LogP contribution in [-0.4, -0.2) is 65.8 Å². The predicted octanol–water partition coefficient (Wildman–Crippen LogP) is 1.70. The van der Waals surface area contributed by atoms with Crippen molar-refractivity contribution in [2.24, 2.45) is 11.5 Å². The van der Waals surface area contributed by atoms with Crippen LogP contribution in [0.2, 0.25) is 0 Å². The molecule has 188 valence electrons. The molecule has 1 aromatic heterocycles. The summed E-state index contributed by atoms with van der Waals surface area (Å²) in [5, 5.41) is 2.88. The van der Waals surface area contributed by atoms with Gasteiger partial charge in [-0.3, -0.25) is 9.69 Å². The highest BCUT2D eigenvalue weighted by molar-refractivity contribution is 5.92. The Morgan fingerprint density at radius 2 is 1.53 bits per heavy atom. The largest absolute Gasteiger partial charge is 0.364 e. The van der Waals surface area contributed by atoms with E-state index in [-0.39, 0.29) is 35.7 Å². The van der Waals surface area contributed by atoms with E-state index in [2.05, 4.69) is 20.2 Å². The van der Waals surface area contributed by atoms with Crippen LogP contribution >= 0.6 is 0 Å². The van der Waals surface area contributed by atoms with Crippen LogP contribution in [0, 0.1) is 11.6 Å². The minimum absolute atomic E-state index is 0.0158. The Morgan fingerprint density at radius 1 is 0.972 bits per heavy atom. The molecule has 0 bridgehead atoms.